The van der Waals surface area contributed by atoms with Crippen LogP contribution in [-0.4, -0.2) is 14.8 Å². The highest BCUT2D eigenvalue weighted by Crippen LogP contribution is 2.35. The maximum atomic E-state index is 6.34. The fraction of sp³-hybridized carbons (Fsp3) is 0.800. The Balaban J connectivity index is 2.35. The highest BCUT2D eigenvalue weighted by molar-refractivity contribution is 5.08. The number of nitrogens with zero attached hydrogens (tertiary/aromatic N) is 3. The van der Waals surface area contributed by atoms with Crippen molar-refractivity contribution < 1.29 is 0 Å². The second kappa shape index (κ2) is 3.35. The van der Waals surface area contributed by atoms with Crippen molar-refractivity contribution in [2.24, 2.45) is 5.73 Å². The Labute approximate surface area is 84.5 Å². The lowest BCUT2D eigenvalue weighted by molar-refractivity contribution is 0.393. The van der Waals surface area contributed by atoms with Crippen LogP contribution in [0.2, 0.25) is 0 Å². The van der Waals surface area contributed by atoms with Gasteiger partial charge in [0.1, 0.15) is 6.33 Å². The average molecular weight is 194 g/mol. The van der Waals surface area contributed by atoms with Crippen molar-refractivity contribution in [2.45, 2.75) is 51.1 Å². The van der Waals surface area contributed by atoms with Crippen molar-refractivity contribution in [3.8, 4) is 0 Å². The highest BCUT2D eigenvalue weighted by atomic mass is 15.3. The van der Waals surface area contributed by atoms with Crippen molar-refractivity contribution in [1.29, 1.82) is 0 Å². The van der Waals surface area contributed by atoms with E-state index in [9.17, 15) is 0 Å². The van der Waals surface area contributed by atoms with E-state index in [-0.39, 0.29) is 5.54 Å². The summed E-state index contributed by atoms with van der Waals surface area (Å²) in [5.41, 5.74) is 6.12. The molecule has 1 aromatic heterocycles. The van der Waals surface area contributed by atoms with Gasteiger partial charge in [0.25, 0.3) is 0 Å². The number of hydrogen-bond donors (Lipinski definition) is 1. The molecule has 1 fully saturated rings. The average Bonchev–Trinajstić information content (AvgIpc) is 2.71. The molecule has 1 aliphatic carbocycles. The van der Waals surface area contributed by atoms with E-state index < -0.39 is 0 Å². The normalized spacial score (nSPS) is 20.6. The van der Waals surface area contributed by atoms with Gasteiger partial charge in [-0.2, -0.15) is 0 Å². The summed E-state index contributed by atoms with van der Waals surface area (Å²) in [6.45, 7) is 4.26. The van der Waals surface area contributed by atoms with Gasteiger partial charge in [-0.1, -0.05) is 12.8 Å². The molecule has 0 amide bonds. The second-order valence-electron chi connectivity index (χ2n) is 4.52. The Kier molecular flexibility index (Phi) is 2.31. The first kappa shape index (κ1) is 9.65. The molecular formula is C10H18N4. The van der Waals surface area contributed by atoms with Crippen molar-refractivity contribution in [3.05, 3.63) is 12.2 Å². The standard InChI is InChI=1S/C10H18N4/c1-8(2)14-7-12-13-9(14)10(11)5-3-4-6-10/h7-8H,3-6,11H2,1-2H3. The van der Waals surface area contributed by atoms with Gasteiger partial charge < -0.3 is 10.3 Å². The van der Waals surface area contributed by atoms with Gasteiger partial charge in [0.05, 0.1) is 5.54 Å². The number of hydrogen-bond acceptors (Lipinski definition) is 3. The van der Waals surface area contributed by atoms with Gasteiger partial charge in [-0.25, -0.2) is 0 Å². The molecule has 0 radical (unpaired) electrons. The van der Waals surface area contributed by atoms with Crippen LogP contribution in [-0.2, 0) is 5.54 Å². The largest absolute Gasteiger partial charge is 0.319 e. The fourth-order valence-electron chi connectivity index (χ4n) is 2.21. The van der Waals surface area contributed by atoms with Crippen molar-refractivity contribution >= 4 is 0 Å². The number of nitrogens with two attached hydrogens (primary N) is 1. The first-order valence-corrected chi connectivity index (χ1v) is 5.32. The lowest BCUT2D eigenvalue weighted by Gasteiger charge is -2.24. The molecule has 0 aliphatic heterocycles. The predicted octanol–water partition coefficient (Wildman–Crippen LogP) is 1.59. The van der Waals surface area contributed by atoms with Crippen LogP contribution in [0.3, 0.4) is 0 Å². The van der Waals surface area contributed by atoms with Gasteiger partial charge in [0.2, 0.25) is 0 Å². The van der Waals surface area contributed by atoms with Crippen molar-refractivity contribution in [1.82, 2.24) is 14.8 Å². The quantitative estimate of drug-likeness (QED) is 0.777. The first-order valence-electron chi connectivity index (χ1n) is 5.32. The molecule has 0 aromatic carbocycles. The summed E-state index contributed by atoms with van der Waals surface area (Å²) in [7, 11) is 0. The van der Waals surface area contributed by atoms with E-state index >= 15 is 0 Å². The van der Waals surface area contributed by atoms with Gasteiger partial charge >= 0.3 is 0 Å². The molecule has 0 bridgehead atoms. The maximum absolute atomic E-state index is 6.34. The molecule has 2 rings (SSSR count). The second-order valence-corrected chi connectivity index (χ2v) is 4.52. The summed E-state index contributed by atoms with van der Waals surface area (Å²) in [4.78, 5) is 0. The predicted molar refractivity (Wildman–Crippen MR) is 54.7 cm³/mol. The van der Waals surface area contributed by atoms with Crippen LogP contribution in [0.15, 0.2) is 6.33 Å². The summed E-state index contributed by atoms with van der Waals surface area (Å²) in [5.74, 6) is 0.963. The third kappa shape index (κ3) is 1.43. The molecule has 78 valence electrons. The van der Waals surface area contributed by atoms with Crippen LogP contribution < -0.4 is 5.73 Å². The minimum atomic E-state index is -0.221. The van der Waals surface area contributed by atoms with Gasteiger partial charge in [-0.05, 0) is 26.7 Å². The molecule has 4 heteroatoms. The maximum Gasteiger partial charge on any atom is 0.153 e. The monoisotopic (exact) mass is 194 g/mol. The minimum absolute atomic E-state index is 0.221. The van der Waals surface area contributed by atoms with E-state index in [1.807, 2.05) is 0 Å². The lowest BCUT2D eigenvalue weighted by atomic mass is 9.98. The highest BCUT2D eigenvalue weighted by Gasteiger charge is 2.36. The third-order valence-electron chi connectivity index (χ3n) is 3.07. The topological polar surface area (TPSA) is 56.7 Å². The molecule has 0 unspecified atom stereocenters. The Hall–Kier alpha value is -0.900. The zero-order chi connectivity index (χ0) is 10.2. The van der Waals surface area contributed by atoms with E-state index in [1.54, 1.807) is 6.33 Å². The zero-order valence-electron chi connectivity index (χ0n) is 8.90. The molecule has 14 heavy (non-hydrogen) atoms. The van der Waals surface area contributed by atoms with Crippen molar-refractivity contribution in [3.63, 3.8) is 0 Å². The SMILES string of the molecule is CC(C)n1cnnc1C1(N)CCCC1. The summed E-state index contributed by atoms with van der Waals surface area (Å²) < 4.78 is 2.09. The Morgan fingerprint density at radius 2 is 2.07 bits per heavy atom. The molecule has 1 heterocycles. The minimum Gasteiger partial charge on any atom is -0.319 e. The van der Waals surface area contributed by atoms with Crippen molar-refractivity contribution in [2.75, 3.05) is 0 Å². The van der Waals surface area contributed by atoms with E-state index in [4.69, 9.17) is 5.73 Å². The van der Waals surface area contributed by atoms with Crippen LogP contribution in [0.4, 0.5) is 0 Å². The molecule has 0 atom stereocenters. The zero-order valence-corrected chi connectivity index (χ0v) is 8.90. The molecule has 1 aromatic rings. The van der Waals surface area contributed by atoms with E-state index in [0.29, 0.717) is 6.04 Å². The molecule has 0 saturated heterocycles. The Bertz CT molecular complexity index is 310. The Morgan fingerprint density at radius 1 is 1.43 bits per heavy atom. The van der Waals surface area contributed by atoms with Crippen LogP contribution >= 0.6 is 0 Å². The Morgan fingerprint density at radius 3 is 2.64 bits per heavy atom. The summed E-state index contributed by atoms with van der Waals surface area (Å²) in [6.07, 6.45) is 6.28. The summed E-state index contributed by atoms with van der Waals surface area (Å²) >= 11 is 0. The van der Waals surface area contributed by atoms with Gasteiger partial charge in [0.15, 0.2) is 5.82 Å². The molecule has 4 nitrogen and oxygen atoms in total. The third-order valence-corrected chi connectivity index (χ3v) is 3.07. The van der Waals surface area contributed by atoms with Gasteiger partial charge in [-0.15, -0.1) is 10.2 Å². The molecule has 2 N–H and O–H groups in total. The fourth-order valence-corrected chi connectivity index (χ4v) is 2.21. The molecule has 0 spiro atoms. The summed E-state index contributed by atoms with van der Waals surface area (Å²) in [5, 5.41) is 8.15. The lowest BCUT2D eigenvalue weighted by Crippen LogP contribution is -2.36. The van der Waals surface area contributed by atoms with E-state index in [2.05, 4.69) is 28.6 Å². The van der Waals surface area contributed by atoms with Crippen LogP contribution in [0.25, 0.3) is 0 Å². The number of rotatable bonds is 2. The number of aromatic nitrogens is 3. The van der Waals surface area contributed by atoms with Gasteiger partial charge in [0, 0.05) is 6.04 Å². The molecule has 1 aliphatic rings. The summed E-state index contributed by atoms with van der Waals surface area (Å²) in [6, 6.07) is 0.390. The van der Waals surface area contributed by atoms with Crippen LogP contribution in [0.5, 0.6) is 0 Å². The molecular weight excluding hydrogens is 176 g/mol. The molecule has 1 saturated carbocycles. The van der Waals surface area contributed by atoms with E-state index in [1.165, 1.54) is 12.8 Å². The first-order chi connectivity index (χ1) is 6.63. The van der Waals surface area contributed by atoms with Crippen LogP contribution in [0.1, 0.15) is 51.4 Å². The van der Waals surface area contributed by atoms with Gasteiger partial charge in [-0.3, -0.25) is 0 Å². The smallest absolute Gasteiger partial charge is 0.153 e. The van der Waals surface area contributed by atoms with Crippen LogP contribution in [0, 0.1) is 0 Å². The van der Waals surface area contributed by atoms with E-state index in [0.717, 1.165) is 18.7 Å².